The van der Waals surface area contributed by atoms with E-state index in [1.165, 1.54) is 122 Å². The molecule has 0 radical (unpaired) electrons. The molecule has 0 fully saturated rings. The number of ether oxygens (including phenoxy) is 2. The van der Waals surface area contributed by atoms with Crippen LogP contribution in [0.2, 0.25) is 0 Å². The first kappa shape index (κ1) is 56.9. The minimum absolute atomic E-state index is 0.199. The summed E-state index contributed by atoms with van der Waals surface area (Å²) in [5.74, 6) is -0.199. The van der Waals surface area contributed by atoms with Gasteiger partial charge in [-0.1, -0.05) is 202 Å². The molecule has 1 unspecified atom stereocenters. The molecule has 0 saturated heterocycles. The second-order valence-electron chi connectivity index (χ2n) is 17.3. The summed E-state index contributed by atoms with van der Waals surface area (Å²) in [5.41, 5.74) is 1.10. The zero-order valence-corrected chi connectivity index (χ0v) is 41.3. The van der Waals surface area contributed by atoms with Crippen molar-refractivity contribution in [1.82, 2.24) is 4.67 Å². The van der Waals surface area contributed by atoms with E-state index in [4.69, 9.17) is 18.5 Å². The highest BCUT2D eigenvalue weighted by Crippen LogP contribution is 2.46. The molecule has 2 atom stereocenters. The van der Waals surface area contributed by atoms with Crippen LogP contribution in [0, 0.1) is 0 Å². The molecule has 7 heteroatoms. The molecule has 1 rings (SSSR count). The number of unbranched alkanes of at least 4 members (excludes halogenated alkanes) is 19. The molecule has 0 N–H and O–H groups in total. The highest BCUT2D eigenvalue weighted by molar-refractivity contribution is 7.44. The van der Waals surface area contributed by atoms with E-state index in [0.29, 0.717) is 26.2 Å². The van der Waals surface area contributed by atoms with Gasteiger partial charge in [-0.05, 0) is 84.6 Å². The summed E-state index contributed by atoms with van der Waals surface area (Å²) in [6.07, 6.45) is 48.8. The van der Waals surface area contributed by atoms with E-state index in [-0.39, 0.29) is 24.7 Å². The standard InChI is InChI=1S/C54H94NO5P/c1-7-9-11-13-15-17-19-21-23-25-26-28-30-32-34-36-41-45-54(56)60-53(49-59-61(55(50(3)4)51(5)6)58-47-52-43-39-38-40-44-52)48-57-46-42-37-35-33-31-29-27-24-22-20-18-16-14-12-10-8-2/h15,17,21,23,26,28,32,34,38-40,43-44,50-51,53H,7-14,16,18-20,22,24-25,27,29-31,33,35-37,41-42,45-49H2,1-6H3/b17-15-,23-21-,28-26-,34-32-/t53-,61?/m1/s1. The van der Waals surface area contributed by atoms with Crippen LogP contribution < -0.4 is 0 Å². The maximum atomic E-state index is 13.1. The van der Waals surface area contributed by atoms with Crippen molar-refractivity contribution in [3.05, 3.63) is 84.5 Å². The molecule has 0 aromatic heterocycles. The van der Waals surface area contributed by atoms with Crippen molar-refractivity contribution >= 4 is 14.5 Å². The van der Waals surface area contributed by atoms with Crippen LogP contribution in [0.3, 0.4) is 0 Å². The van der Waals surface area contributed by atoms with Crippen LogP contribution in [0.1, 0.15) is 214 Å². The number of benzene rings is 1. The lowest BCUT2D eigenvalue weighted by atomic mass is 10.0. The molecular weight excluding hydrogens is 774 g/mol. The molecule has 0 aliphatic carbocycles. The molecule has 0 amide bonds. The molecule has 350 valence electrons. The lowest BCUT2D eigenvalue weighted by Gasteiger charge is -2.36. The Hall–Kier alpha value is -2.08. The summed E-state index contributed by atoms with van der Waals surface area (Å²) in [7, 11) is -1.39. The maximum absolute atomic E-state index is 13.1. The van der Waals surface area contributed by atoms with Crippen molar-refractivity contribution in [2.45, 2.75) is 233 Å². The summed E-state index contributed by atoms with van der Waals surface area (Å²) in [4.78, 5) is 13.1. The average molecular weight is 868 g/mol. The highest BCUT2D eigenvalue weighted by Gasteiger charge is 2.29. The fourth-order valence-electron chi connectivity index (χ4n) is 7.25. The van der Waals surface area contributed by atoms with Crippen LogP contribution in [0.4, 0.5) is 0 Å². The quantitative estimate of drug-likeness (QED) is 0.0282. The van der Waals surface area contributed by atoms with Gasteiger partial charge in [-0.25, -0.2) is 4.67 Å². The Kier molecular flexibility index (Phi) is 40.3. The smallest absolute Gasteiger partial charge is 0.306 e. The zero-order chi connectivity index (χ0) is 44.3. The molecule has 0 aliphatic heterocycles. The monoisotopic (exact) mass is 868 g/mol. The van der Waals surface area contributed by atoms with E-state index in [2.05, 4.69) is 107 Å². The summed E-state index contributed by atoms with van der Waals surface area (Å²) in [5, 5.41) is 0. The number of hydrogen-bond donors (Lipinski definition) is 0. The van der Waals surface area contributed by atoms with Crippen molar-refractivity contribution in [2.24, 2.45) is 0 Å². The van der Waals surface area contributed by atoms with Crippen molar-refractivity contribution in [3.63, 3.8) is 0 Å². The number of carbonyl (C=O) groups is 1. The van der Waals surface area contributed by atoms with Crippen molar-refractivity contribution in [3.8, 4) is 0 Å². The Morgan fingerprint density at radius 3 is 1.52 bits per heavy atom. The third kappa shape index (κ3) is 36.0. The molecule has 0 spiro atoms. The van der Waals surface area contributed by atoms with Gasteiger partial charge in [0.1, 0.15) is 6.10 Å². The van der Waals surface area contributed by atoms with E-state index in [1.54, 1.807) is 0 Å². The Bertz CT molecular complexity index is 1210. The van der Waals surface area contributed by atoms with Gasteiger partial charge < -0.3 is 18.5 Å². The first-order chi connectivity index (χ1) is 29.9. The lowest BCUT2D eigenvalue weighted by Crippen LogP contribution is -2.35. The first-order valence-corrected chi connectivity index (χ1v) is 26.3. The molecule has 1 aromatic rings. The first-order valence-electron chi connectivity index (χ1n) is 25.1. The Labute approximate surface area is 378 Å². The van der Waals surface area contributed by atoms with Gasteiger partial charge in [0, 0.05) is 25.1 Å². The number of nitrogens with zero attached hydrogens (tertiary/aromatic N) is 1. The predicted molar refractivity (Wildman–Crippen MR) is 265 cm³/mol. The van der Waals surface area contributed by atoms with Crippen LogP contribution in [0.5, 0.6) is 0 Å². The van der Waals surface area contributed by atoms with Crippen LogP contribution in [0.25, 0.3) is 0 Å². The Balaban J connectivity index is 2.51. The summed E-state index contributed by atoms with van der Waals surface area (Å²) < 4.78 is 27.4. The van der Waals surface area contributed by atoms with Crippen LogP contribution in [-0.2, 0) is 29.9 Å². The molecular formula is C54H94NO5P. The molecule has 0 saturated carbocycles. The Morgan fingerprint density at radius 2 is 1.02 bits per heavy atom. The van der Waals surface area contributed by atoms with Crippen molar-refractivity contribution in [1.29, 1.82) is 0 Å². The van der Waals surface area contributed by atoms with Gasteiger partial charge in [0.25, 0.3) is 8.53 Å². The second kappa shape index (κ2) is 43.2. The van der Waals surface area contributed by atoms with E-state index in [9.17, 15) is 4.79 Å². The van der Waals surface area contributed by atoms with Gasteiger partial charge >= 0.3 is 5.97 Å². The third-order valence-electron chi connectivity index (χ3n) is 10.8. The lowest BCUT2D eigenvalue weighted by molar-refractivity contribution is -0.154. The highest BCUT2D eigenvalue weighted by atomic mass is 31.2. The van der Waals surface area contributed by atoms with E-state index >= 15 is 0 Å². The second-order valence-corrected chi connectivity index (χ2v) is 18.8. The summed E-state index contributed by atoms with van der Waals surface area (Å²) >= 11 is 0. The number of esters is 1. The largest absolute Gasteiger partial charge is 0.457 e. The van der Waals surface area contributed by atoms with E-state index in [1.807, 2.05) is 18.2 Å². The normalized spacial score (nSPS) is 13.4. The topological polar surface area (TPSA) is 57.2 Å². The fraction of sp³-hybridized carbons (Fsp3) is 0.722. The molecule has 6 nitrogen and oxygen atoms in total. The molecule has 1 aromatic carbocycles. The van der Waals surface area contributed by atoms with Crippen LogP contribution in [-0.4, -0.2) is 48.6 Å². The molecule has 61 heavy (non-hydrogen) atoms. The number of hydrogen-bond acceptors (Lipinski definition) is 6. The van der Waals surface area contributed by atoms with Crippen LogP contribution in [0.15, 0.2) is 78.9 Å². The van der Waals surface area contributed by atoms with E-state index < -0.39 is 14.6 Å². The predicted octanol–water partition coefficient (Wildman–Crippen LogP) is 16.9. The fourth-order valence-corrected chi connectivity index (χ4v) is 8.90. The molecule has 0 aliphatic rings. The van der Waals surface area contributed by atoms with Crippen molar-refractivity contribution < 1.29 is 23.3 Å². The van der Waals surface area contributed by atoms with Gasteiger partial charge in [0.2, 0.25) is 0 Å². The SMILES string of the molecule is CCCCC/C=C\C/C=C\C/C=C\C/C=C\CCCC(=O)O[C@H](COCCCCCCCCCCCCCCCCCC)COP(OCc1ccccc1)N(C(C)C)C(C)C. The summed E-state index contributed by atoms with van der Waals surface area (Å²) in [6, 6.07) is 10.7. The molecule has 0 bridgehead atoms. The van der Waals surface area contributed by atoms with Gasteiger partial charge in [-0.2, -0.15) is 0 Å². The number of rotatable bonds is 43. The van der Waals surface area contributed by atoms with Crippen LogP contribution >= 0.6 is 8.53 Å². The third-order valence-corrected chi connectivity index (χ3v) is 12.8. The minimum Gasteiger partial charge on any atom is -0.457 e. The van der Waals surface area contributed by atoms with E-state index in [0.717, 1.165) is 44.1 Å². The zero-order valence-electron chi connectivity index (χ0n) is 40.4. The molecule has 0 heterocycles. The van der Waals surface area contributed by atoms with Gasteiger partial charge in [-0.3, -0.25) is 4.79 Å². The Morgan fingerprint density at radius 1 is 0.557 bits per heavy atom. The van der Waals surface area contributed by atoms with Crippen molar-refractivity contribution in [2.75, 3.05) is 19.8 Å². The minimum atomic E-state index is -1.39. The average Bonchev–Trinajstić information content (AvgIpc) is 3.25. The number of allylic oxidation sites excluding steroid dienone is 8. The number of carbonyl (C=O) groups excluding carboxylic acids is 1. The summed E-state index contributed by atoms with van der Waals surface area (Å²) in [6.45, 7) is 14.9. The maximum Gasteiger partial charge on any atom is 0.306 e. The van der Waals surface area contributed by atoms with Gasteiger partial charge in [0.15, 0.2) is 0 Å². The van der Waals surface area contributed by atoms with Gasteiger partial charge in [0.05, 0.1) is 19.8 Å². The van der Waals surface area contributed by atoms with Gasteiger partial charge in [-0.15, -0.1) is 0 Å².